The lowest BCUT2D eigenvalue weighted by atomic mass is 10.4. The lowest BCUT2D eigenvalue weighted by Gasteiger charge is -2.15. The van der Waals surface area contributed by atoms with Crippen LogP contribution in [0.3, 0.4) is 0 Å². The zero-order chi connectivity index (χ0) is 12.0. The normalized spacial score (nSPS) is 11.6. The fourth-order valence-corrected chi connectivity index (χ4v) is 2.21. The molecule has 0 radical (unpaired) electrons. The quantitative estimate of drug-likeness (QED) is 0.795. The molecule has 1 heterocycles. The highest BCUT2D eigenvalue weighted by Crippen LogP contribution is 2.11. The maximum atomic E-state index is 4.63. The molecule has 1 aromatic rings. The van der Waals surface area contributed by atoms with Crippen molar-refractivity contribution in [2.75, 3.05) is 13.1 Å². The average Bonchev–Trinajstić information content (AvgIpc) is 2.70. The SMILES string of the molecule is CCN(CC)Cc1csc(CNC(C)C)n1. The fraction of sp³-hybridized carbons (Fsp3) is 0.750. The molecule has 0 unspecified atom stereocenters. The molecule has 0 aliphatic carbocycles. The van der Waals surface area contributed by atoms with E-state index in [-0.39, 0.29) is 0 Å². The van der Waals surface area contributed by atoms with Gasteiger partial charge in [0.25, 0.3) is 0 Å². The van der Waals surface area contributed by atoms with Crippen molar-refractivity contribution in [1.29, 1.82) is 0 Å². The van der Waals surface area contributed by atoms with Gasteiger partial charge < -0.3 is 5.32 Å². The van der Waals surface area contributed by atoms with Gasteiger partial charge in [0, 0.05) is 24.5 Å². The van der Waals surface area contributed by atoms with Gasteiger partial charge in [0.1, 0.15) is 5.01 Å². The summed E-state index contributed by atoms with van der Waals surface area (Å²) in [6, 6.07) is 0.523. The monoisotopic (exact) mass is 241 g/mol. The Morgan fingerprint density at radius 1 is 1.38 bits per heavy atom. The molecule has 1 aromatic heterocycles. The number of nitrogens with one attached hydrogen (secondary N) is 1. The Morgan fingerprint density at radius 2 is 2.06 bits per heavy atom. The fourth-order valence-electron chi connectivity index (χ4n) is 1.47. The van der Waals surface area contributed by atoms with Gasteiger partial charge in [-0.3, -0.25) is 4.90 Å². The summed E-state index contributed by atoms with van der Waals surface area (Å²) in [5.74, 6) is 0. The van der Waals surface area contributed by atoms with Crippen LogP contribution >= 0.6 is 11.3 Å². The summed E-state index contributed by atoms with van der Waals surface area (Å²) in [6.45, 7) is 12.7. The molecule has 0 aliphatic rings. The van der Waals surface area contributed by atoms with Crippen LogP contribution in [0.25, 0.3) is 0 Å². The third-order valence-corrected chi connectivity index (χ3v) is 3.44. The van der Waals surface area contributed by atoms with Crippen molar-refractivity contribution >= 4 is 11.3 Å². The number of nitrogens with zero attached hydrogens (tertiary/aromatic N) is 2. The minimum atomic E-state index is 0.523. The van der Waals surface area contributed by atoms with E-state index in [2.05, 4.69) is 48.3 Å². The van der Waals surface area contributed by atoms with Gasteiger partial charge in [0.15, 0.2) is 0 Å². The molecule has 3 nitrogen and oxygen atoms in total. The van der Waals surface area contributed by atoms with E-state index in [9.17, 15) is 0 Å². The Morgan fingerprint density at radius 3 is 2.62 bits per heavy atom. The Balaban J connectivity index is 2.44. The highest BCUT2D eigenvalue weighted by molar-refractivity contribution is 7.09. The molecule has 92 valence electrons. The second kappa shape index (κ2) is 6.99. The minimum absolute atomic E-state index is 0.523. The molecular weight excluding hydrogens is 218 g/mol. The van der Waals surface area contributed by atoms with E-state index in [1.54, 1.807) is 11.3 Å². The summed E-state index contributed by atoms with van der Waals surface area (Å²) in [7, 11) is 0. The standard InChI is InChI=1S/C12H23N3S/c1-5-15(6-2)8-11-9-16-12(14-11)7-13-10(3)4/h9-10,13H,5-8H2,1-4H3. The Hall–Kier alpha value is -0.450. The largest absolute Gasteiger partial charge is 0.308 e. The highest BCUT2D eigenvalue weighted by Gasteiger charge is 2.06. The third-order valence-electron chi connectivity index (χ3n) is 2.54. The van der Waals surface area contributed by atoms with Gasteiger partial charge in [0.2, 0.25) is 0 Å². The third kappa shape index (κ3) is 4.60. The Labute approximate surface area is 103 Å². The molecule has 0 fully saturated rings. The summed E-state index contributed by atoms with van der Waals surface area (Å²) in [4.78, 5) is 7.02. The van der Waals surface area contributed by atoms with E-state index in [0.29, 0.717) is 6.04 Å². The van der Waals surface area contributed by atoms with Crippen molar-refractivity contribution < 1.29 is 0 Å². The van der Waals surface area contributed by atoms with Crippen LogP contribution in [0.5, 0.6) is 0 Å². The van der Waals surface area contributed by atoms with Crippen LogP contribution in [-0.4, -0.2) is 29.0 Å². The summed E-state index contributed by atoms with van der Waals surface area (Å²) >= 11 is 1.75. The second-order valence-corrected chi connectivity index (χ2v) is 5.17. The molecule has 0 aliphatic heterocycles. The van der Waals surface area contributed by atoms with Crippen molar-refractivity contribution in [2.24, 2.45) is 0 Å². The predicted molar refractivity (Wildman–Crippen MR) is 70.7 cm³/mol. The lowest BCUT2D eigenvalue weighted by Crippen LogP contribution is -2.23. The van der Waals surface area contributed by atoms with E-state index in [0.717, 1.165) is 26.2 Å². The van der Waals surface area contributed by atoms with E-state index in [1.165, 1.54) is 10.7 Å². The van der Waals surface area contributed by atoms with Crippen LogP contribution in [0, 0.1) is 0 Å². The molecule has 0 atom stereocenters. The molecule has 0 saturated carbocycles. The predicted octanol–water partition coefficient (Wildman–Crippen LogP) is 2.48. The smallest absolute Gasteiger partial charge is 0.107 e. The van der Waals surface area contributed by atoms with Crippen molar-refractivity contribution in [3.8, 4) is 0 Å². The topological polar surface area (TPSA) is 28.2 Å². The molecule has 4 heteroatoms. The van der Waals surface area contributed by atoms with Crippen LogP contribution in [-0.2, 0) is 13.1 Å². The van der Waals surface area contributed by atoms with Gasteiger partial charge in [-0.1, -0.05) is 27.7 Å². The van der Waals surface area contributed by atoms with Gasteiger partial charge in [-0.05, 0) is 13.1 Å². The lowest BCUT2D eigenvalue weighted by molar-refractivity contribution is 0.292. The second-order valence-electron chi connectivity index (χ2n) is 4.23. The van der Waals surface area contributed by atoms with Gasteiger partial charge in [0.05, 0.1) is 5.69 Å². The van der Waals surface area contributed by atoms with Gasteiger partial charge in [-0.25, -0.2) is 4.98 Å². The summed E-state index contributed by atoms with van der Waals surface area (Å²) in [5.41, 5.74) is 1.20. The molecule has 0 bridgehead atoms. The molecule has 1 N–H and O–H groups in total. The van der Waals surface area contributed by atoms with Crippen molar-refractivity contribution in [2.45, 2.75) is 46.8 Å². The molecule has 0 amide bonds. The zero-order valence-corrected chi connectivity index (χ0v) is 11.6. The average molecular weight is 241 g/mol. The van der Waals surface area contributed by atoms with Crippen LogP contribution in [0.2, 0.25) is 0 Å². The molecule has 0 aromatic carbocycles. The van der Waals surface area contributed by atoms with Gasteiger partial charge in [-0.15, -0.1) is 11.3 Å². The first-order chi connectivity index (χ1) is 7.65. The maximum Gasteiger partial charge on any atom is 0.107 e. The molecular formula is C12H23N3S. The first-order valence-corrected chi connectivity index (χ1v) is 6.92. The van der Waals surface area contributed by atoms with Crippen molar-refractivity contribution in [3.63, 3.8) is 0 Å². The summed E-state index contributed by atoms with van der Waals surface area (Å²) < 4.78 is 0. The van der Waals surface area contributed by atoms with Crippen LogP contribution in [0.4, 0.5) is 0 Å². The van der Waals surface area contributed by atoms with Crippen LogP contribution < -0.4 is 5.32 Å². The molecule has 16 heavy (non-hydrogen) atoms. The Kier molecular flexibility index (Phi) is 5.95. The number of hydrogen-bond acceptors (Lipinski definition) is 4. The van der Waals surface area contributed by atoms with E-state index in [4.69, 9.17) is 0 Å². The van der Waals surface area contributed by atoms with Crippen LogP contribution in [0.15, 0.2) is 5.38 Å². The van der Waals surface area contributed by atoms with Crippen molar-refractivity contribution in [3.05, 3.63) is 16.1 Å². The number of aromatic nitrogens is 1. The first-order valence-electron chi connectivity index (χ1n) is 6.04. The number of rotatable bonds is 7. The Bertz CT molecular complexity index is 292. The van der Waals surface area contributed by atoms with Gasteiger partial charge >= 0.3 is 0 Å². The zero-order valence-electron chi connectivity index (χ0n) is 10.8. The number of hydrogen-bond donors (Lipinski definition) is 1. The summed E-state index contributed by atoms with van der Waals surface area (Å²) in [5, 5.41) is 6.76. The minimum Gasteiger partial charge on any atom is -0.308 e. The molecule has 0 saturated heterocycles. The van der Waals surface area contributed by atoms with Crippen molar-refractivity contribution in [1.82, 2.24) is 15.2 Å². The van der Waals surface area contributed by atoms with Gasteiger partial charge in [-0.2, -0.15) is 0 Å². The summed E-state index contributed by atoms with van der Waals surface area (Å²) in [6.07, 6.45) is 0. The highest BCUT2D eigenvalue weighted by atomic mass is 32.1. The van der Waals surface area contributed by atoms with E-state index >= 15 is 0 Å². The van der Waals surface area contributed by atoms with E-state index < -0.39 is 0 Å². The molecule has 0 spiro atoms. The number of thiazole rings is 1. The van der Waals surface area contributed by atoms with Crippen LogP contribution in [0.1, 0.15) is 38.4 Å². The van der Waals surface area contributed by atoms with E-state index in [1.807, 2.05) is 0 Å². The maximum absolute atomic E-state index is 4.63. The first kappa shape index (κ1) is 13.6. The molecule has 1 rings (SSSR count).